The van der Waals surface area contributed by atoms with E-state index in [1.54, 1.807) is 6.07 Å². The summed E-state index contributed by atoms with van der Waals surface area (Å²) >= 11 is 11.7. The van der Waals surface area contributed by atoms with Gasteiger partial charge in [-0.2, -0.15) is 0 Å². The van der Waals surface area contributed by atoms with Gasteiger partial charge in [-0.05, 0) is 30.5 Å². The van der Waals surface area contributed by atoms with Crippen molar-refractivity contribution in [1.82, 2.24) is 0 Å². The fourth-order valence-corrected chi connectivity index (χ4v) is 1.69. The molecule has 0 spiro atoms. The van der Waals surface area contributed by atoms with Crippen LogP contribution in [0, 0.1) is 5.92 Å². The normalized spacial score (nSPS) is 10.6. The second-order valence-corrected chi connectivity index (χ2v) is 4.64. The molecule has 0 aromatic heterocycles. The van der Waals surface area contributed by atoms with Crippen LogP contribution in [0.2, 0.25) is 10.0 Å². The molecule has 0 radical (unpaired) electrons. The minimum absolute atomic E-state index is 0.671. The topological polar surface area (TPSA) is 12.0 Å². The number of hydrogen-bond acceptors (Lipinski definition) is 1. The van der Waals surface area contributed by atoms with Gasteiger partial charge in [0.25, 0.3) is 0 Å². The summed E-state index contributed by atoms with van der Waals surface area (Å²) in [6.45, 7) is 5.35. The van der Waals surface area contributed by atoms with Crippen LogP contribution in [0.3, 0.4) is 0 Å². The zero-order valence-corrected chi connectivity index (χ0v) is 9.99. The minimum atomic E-state index is 0.671. The Bertz CT molecular complexity index is 277. The molecule has 0 aliphatic heterocycles. The lowest BCUT2D eigenvalue weighted by atomic mass is 10.1. The van der Waals surface area contributed by atoms with E-state index in [1.807, 2.05) is 12.1 Å². The lowest BCUT2D eigenvalue weighted by molar-refractivity contribution is 0.607. The Morgan fingerprint density at radius 1 is 1.14 bits per heavy atom. The highest BCUT2D eigenvalue weighted by atomic mass is 35.5. The smallest absolute Gasteiger partial charge is 0.0441 e. The third-order valence-electron chi connectivity index (χ3n) is 1.91. The molecule has 1 aromatic rings. The van der Waals surface area contributed by atoms with Gasteiger partial charge < -0.3 is 5.32 Å². The first-order chi connectivity index (χ1) is 6.58. The van der Waals surface area contributed by atoms with Crippen LogP contribution in [0.5, 0.6) is 0 Å². The zero-order valence-electron chi connectivity index (χ0n) is 8.48. The Morgan fingerprint density at radius 3 is 2.21 bits per heavy atom. The highest BCUT2D eigenvalue weighted by molar-refractivity contribution is 6.35. The number of benzene rings is 1. The van der Waals surface area contributed by atoms with Crippen molar-refractivity contribution in [3.8, 4) is 0 Å². The quantitative estimate of drug-likeness (QED) is 0.808. The maximum absolute atomic E-state index is 5.87. The van der Waals surface area contributed by atoms with Crippen LogP contribution in [0.25, 0.3) is 0 Å². The van der Waals surface area contributed by atoms with Crippen LogP contribution in [-0.4, -0.2) is 6.54 Å². The molecular weight excluding hydrogens is 217 g/mol. The molecule has 1 N–H and O–H groups in total. The third kappa shape index (κ3) is 4.21. The Labute approximate surface area is 95.4 Å². The molecule has 0 amide bonds. The monoisotopic (exact) mass is 231 g/mol. The molecule has 0 aliphatic carbocycles. The molecule has 0 unspecified atom stereocenters. The molecule has 3 heteroatoms. The Hall–Kier alpha value is -0.400. The average molecular weight is 232 g/mol. The van der Waals surface area contributed by atoms with Crippen LogP contribution in [0.4, 0.5) is 5.69 Å². The molecule has 1 nitrogen and oxygen atoms in total. The maximum atomic E-state index is 5.87. The van der Waals surface area contributed by atoms with Crippen molar-refractivity contribution in [2.24, 2.45) is 5.92 Å². The van der Waals surface area contributed by atoms with Crippen LogP contribution >= 0.6 is 23.2 Å². The maximum Gasteiger partial charge on any atom is 0.0441 e. The van der Waals surface area contributed by atoms with E-state index in [0.717, 1.165) is 18.7 Å². The molecule has 1 rings (SSSR count). The van der Waals surface area contributed by atoms with E-state index in [9.17, 15) is 0 Å². The number of hydrogen-bond donors (Lipinski definition) is 1. The lowest BCUT2D eigenvalue weighted by Gasteiger charge is -2.08. The second kappa shape index (κ2) is 5.47. The summed E-state index contributed by atoms with van der Waals surface area (Å²) in [4.78, 5) is 0. The van der Waals surface area contributed by atoms with E-state index < -0.39 is 0 Å². The first-order valence-electron chi connectivity index (χ1n) is 4.78. The first kappa shape index (κ1) is 11.7. The molecule has 78 valence electrons. The van der Waals surface area contributed by atoms with E-state index in [0.29, 0.717) is 16.0 Å². The van der Waals surface area contributed by atoms with Gasteiger partial charge in [-0.1, -0.05) is 37.0 Å². The van der Waals surface area contributed by atoms with E-state index >= 15 is 0 Å². The van der Waals surface area contributed by atoms with Crippen molar-refractivity contribution >= 4 is 28.9 Å². The van der Waals surface area contributed by atoms with Crippen molar-refractivity contribution in [1.29, 1.82) is 0 Å². The van der Waals surface area contributed by atoms with E-state index in [-0.39, 0.29) is 0 Å². The molecule has 14 heavy (non-hydrogen) atoms. The van der Waals surface area contributed by atoms with Gasteiger partial charge in [0.05, 0.1) is 0 Å². The highest BCUT2D eigenvalue weighted by Crippen LogP contribution is 2.22. The van der Waals surface area contributed by atoms with Crippen LogP contribution < -0.4 is 5.32 Å². The largest absolute Gasteiger partial charge is 0.385 e. The Morgan fingerprint density at radius 2 is 1.71 bits per heavy atom. The van der Waals surface area contributed by atoms with Gasteiger partial charge >= 0.3 is 0 Å². The van der Waals surface area contributed by atoms with E-state index in [4.69, 9.17) is 23.2 Å². The van der Waals surface area contributed by atoms with Crippen LogP contribution in [0.1, 0.15) is 20.3 Å². The van der Waals surface area contributed by atoms with Gasteiger partial charge in [0.2, 0.25) is 0 Å². The van der Waals surface area contributed by atoms with Crippen molar-refractivity contribution in [2.45, 2.75) is 20.3 Å². The summed E-state index contributed by atoms with van der Waals surface area (Å²) < 4.78 is 0. The summed E-state index contributed by atoms with van der Waals surface area (Å²) in [6, 6.07) is 5.50. The van der Waals surface area contributed by atoms with Gasteiger partial charge in [-0.3, -0.25) is 0 Å². The molecular formula is C11H15Cl2N. The molecule has 0 atom stereocenters. The fourth-order valence-electron chi connectivity index (χ4n) is 1.16. The standard InChI is InChI=1S/C11H15Cl2N/c1-8(2)3-4-14-11-6-9(12)5-10(13)7-11/h5-8,14H,3-4H2,1-2H3. The molecule has 0 heterocycles. The number of rotatable bonds is 4. The highest BCUT2D eigenvalue weighted by Gasteiger charge is 1.98. The lowest BCUT2D eigenvalue weighted by Crippen LogP contribution is -2.04. The van der Waals surface area contributed by atoms with E-state index in [1.165, 1.54) is 0 Å². The summed E-state index contributed by atoms with van der Waals surface area (Å²) in [5.41, 5.74) is 0.989. The zero-order chi connectivity index (χ0) is 10.6. The number of anilines is 1. The molecule has 0 saturated heterocycles. The van der Waals surface area contributed by atoms with Gasteiger partial charge in [0.1, 0.15) is 0 Å². The molecule has 0 bridgehead atoms. The number of halogens is 2. The van der Waals surface area contributed by atoms with E-state index in [2.05, 4.69) is 19.2 Å². The summed E-state index contributed by atoms with van der Waals surface area (Å²) in [5, 5.41) is 4.63. The SMILES string of the molecule is CC(C)CCNc1cc(Cl)cc(Cl)c1. The predicted octanol–water partition coefficient (Wildman–Crippen LogP) is 4.45. The third-order valence-corrected chi connectivity index (χ3v) is 2.35. The Balaban J connectivity index is 2.50. The van der Waals surface area contributed by atoms with Crippen molar-refractivity contribution in [3.63, 3.8) is 0 Å². The van der Waals surface area contributed by atoms with Gasteiger partial charge in [-0.15, -0.1) is 0 Å². The summed E-state index contributed by atoms with van der Waals surface area (Å²) in [6.07, 6.45) is 1.14. The number of nitrogens with one attached hydrogen (secondary N) is 1. The first-order valence-corrected chi connectivity index (χ1v) is 5.53. The summed E-state index contributed by atoms with van der Waals surface area (Å²) in [7, 11) is 0. The van der Waals surface area contributed by atoms with Crippen molar-refractivity contribution in [2.75, 3.05) is 11.9 Å². The van der Waals surface area contributed by atoms with Gasteiger partial charge in [0, 0.05) is 22.3 Å². The van der Waals surface area contributed by atoms with Crippen LogP contribution in [0.15, 0.2) is 18.2 Å². The van der Waals surface area contributed by atoms with Crippen LogP contribution in [-0.2, 0) is 0 Å². The molecule has 0 aliphatic rings. The van der Waals surface area contributed by atoms with Gasteiger partial charge in [-0.25, -0.2) is 0 Å². The molecule has 0 saturated carbocycles. The second-order valence-electron chi connectivity index (χ2n) is 3.77. The average Bonchev–Trinajstić information content (AvgIpc) is 2.01. The Kier molecular flexibility index (Phi) is 4.56. The van der Waals surface area contributed by atoms with Crippen molar-refractivity contribution in [3.05, 3.63) is 28.2 Å². The fraction of sp³-hybridized carbons (Fsp3) is 0.455. The minimum Gasteiger partial charge on any atom is -0.385 e. The van der Waals surface area contributed by atoms with Crippen molar-refractivity contribution < 1.29 is 0 Å². The predicted molar refractivity (Wildman–Crippen MR) is 64.4 cm³/mol. The summed E-state index contributed by atoms with van der Waals surface area (Å²) in [5.74, 6) is 0.706. The molecule has 0 fully saturated rings. The van der Waals surface area contributed by atoms with Gasteiger partial charge in [0.15, 0.2) is 0 Å². The molecule has 1 aromatic carbocycles.